The van der Waals surface area contributed by atoms with Crippen molar-refractivity contribution in [1.82, 2.24) is 14.5 Å². The Morgan fingerprint density at radius 2 is 1.46 bits per heavy atom. The molecule has 0 fully saturated rings. The van der Waals surface area contributed by atoms with Crippen LogP contribution in [0.15, 0.2) is 79.3 Å². The van der Waals surface area contributed by atoms with Gasteiger partial charge in [-0.2, -0.15) is 5.26 Å². The van der Waals surface area contributed by atoms with Crippen molar-refractivity contribution >= 4 is 16.7 Å². The maximum absolute atomic E-state index is 9.18. The number of aryl methyl sites for hydroxylation is 2. The Morgan fingerprint density at radius 1 is 0.846 bits per heavy atom. The van der Waals surface area contributed by atoms with Crippen molar-refractivity contribution in [3.8, 4) is 29.1 Å². The number of hydrogen-bond acceptors (Lipinski definition) is 7. The first-order valence-electron chi connectivity index (χ1n) is 12.5. The van der Waals surface area contributed by atoms with E-state index in [0.29, 0.717) is 30.3 Å². The fourth-order valence-corrected chi connectivity index (χ4v) is 4.45. The maximum atomic E-state index is 9.18. The number of hydrogen-bond donors (Lipinski definition) is 0. The van der Waals surface area contributed by atoms with Gasteiger partial charge in [0.1, 0.15) is 40.3 Å². The lowest BCUT2D eigenvalue weighted by molar-refractivity contribution is 0.414. The molecule has 196 valence electrons. The van der Waals surface area contributed by atoms with Gasteiger partial charge in [-0.3, -0.25) is 0 Å². The first kappa shape index (κ1) is 25.6. The number of fused-ring (bicyclic) bond motifs is 1. The molecule has 0 amide bonds. The first-order valence-corrected chi connectivity index (χ1v) is 12.5. The fraction of sp³-hybridized carbons (Fsp3) is 0.194. The van der Waals surface area contributed by atoms with Crippen LogP contribution in [0.5, 0.6) is 23.0 Å². The molecular weight excluding hydrogens is 490 g/mol. The lowest BCUT2D eigenvalue weighted by Gasteiger charge is -2.26. The number of pyridine rings is 1. The van der Waals surface area contributed by atoms with Crippen LogP contribution in [0.25, 0.3) is 11.0 Å². The lowest BCUT2D eigenvalue weighted by atomic mass is 10.1. The SMILES string of the molecule is COc1ccc(CN(Cc2ccc(OC)cc2)c2cc(Oc3cnc(C#N)cc3C)cc3c2ncn3C)cc1. The second kappa shape index (κ2) is 11.2. The van der Waals surface area contributed by atoms with Gasteiger partial charge in [-0.15, -0.1) is 0 Å². The van der Waals surface area contributed by atoms with Crippen molar-refractivity contribution in [2.24, 2.45) is 7.05 Å². The third-order valence-corrected chi connectivity index (χ3v) is 6.59. The Bertz CT molecular complexity index is 1590. The maximum Gasteiger partial charge on any atom is 0.148 e. The van der Waals surface area contributed by atoms with Crippen LogP contribution in [-0.2, 0) is 20.1 Å². The molecule has 0 saturated carbocycles. The molecule has 0 aliphatic rings. The zero-order valence-corrected chi connectivity index (χ0v) is 22.4. The van der Waals surface area contributed by atoms with Crippen LogP contribution in [0.2, 0.25) is 0 Å². The van der Waals surface area contributed by atoms with Crippen LogP contribution in [0.3, 0.4) is 0 Å². The number of imidazole rings is 1. The fourth-order valence-electron chi connectivity index (χ4n) is 4.45. The highest BCUT2D eigenvalue weighted by atomic mass is 16.5. The quantitative estimate of drug-likeness (QED) is 0.230. The molecule has 39 heavy (non-hydrogen) atoms. The zero-order valence-electron chi connectivity index (χ0n) is 22.4. The summed E-state index contributed by atoms with van der Waals surface area (Å²) in [5.41, 5.74) is 6.21. The molecular formula is C31H29N5O3. The summed E-state index contributed by atoms with van der Waals surface area (Å²) in [5.74, 6) is 2.88. The van der Waals surface area contributed by atoms with Gasteiger partial charge in [-0.25, -0.2) is 9.97 Å². The summed E-state index contributed by atoms with van der Waals surface area (Å²) >= 11 is 0. The molecule has 0 aliphatic heterocycles. The Morgan fingerprint density at radius 3 is 2.00 bits per heavy atom. The van der Waals surface area contributed by atoms with Crippen molar-refractivity contribution in [2.75, 3.05) is 19.1 Å². The number of anilines is 1. The highest BCUT2D eigenvalue weighted by Crippen LogP contribution is 2.36. The van der Waals surface area contributed by atoms with E-state index < -0.39 is 0 Å². The van der Waals surface area contributed by atoms with E-state index in [9.17, 15) is 5.26 Å². The molecule has 0 aliphatic carbocycles. The smallest absolute Gasteiger partial charge is 0.148 e. The van der Waals surface area contributed by atoms with Gasteiger partial charge in [0, 0.05) is 32.3 Å². The minimum absolute atomic E-state index is 0.354. The molecule has 0 saturated heterocycles. The van der Waals surface area contributed by atoms with Gasteiger partial charge >= 0.3 is 0 Å². The molecule has 5 rings (SSSR count). The number of aromatic nitrogens is 3. The van der Waals surface area contributed by atoms with E-state index in [1.54, 1.807) is 26.5 Å². The number of nitriles is 1. The van der Waals surface area contributed by atoms with Crippen molar-refractivity contribution < 1.29 is 14.2 Å². The van der Waals surface area contributed by atoms with Gasteiger partial charge in [-0.05, 0) is 53.9 Å². The van der Waals surface area contributed by atoms with Crippen LogP contribution in [-0.4, -0.2) is 28.8 Å². The monoisotopic (exact) mass is 519 g/mol. The Labute approximate surface area is 227 Å². The molecule has 0 bridgehead atoms. The van der Waals surface area contributed by atoms with Gasteiger partial charge in [-0.1, -0.05) is 24.3 Å². The van der Waals surface area contributed by atoms with E-state index in [1.165, 1.54) is 0 Å². The summed E-state index contributed by atoms with van der Waals surface area (Å²) in [5, 5.41) is 9.18. The largest absolute Gasteiger partial charge is 0.497 e. The molecule has 0 N–H and O–H groups in total. The molecule has 5 aromatic rings. The zero-order chi connectivity index (χ0) is 27.4. The number of methoxy groups -OCH3 is 2. The molecule has 0 atom stereocenters. The number of rotatable bonds is 9. The normalized spacial score (nSPS) is 10.7. The molecule has 2 heterocycles. The lowest BCUT2D eigenvalue weighted by Crippen LogP contribution is -2.22. The predicted molar refractivity (Wildman–Crippen MR) is 150 cm³/mol. The highest BCUT2D eigenvalue weighted by molar-refractivity contribution is 5.90. The van der Waals surface area contributed by atoms with Crippen LogP contribution in [0, 0.1) is 18.3 Å². The van der Waals surface area contributed by atoms with Gasteiger partial charge in [0.2, 0.25) is 0 Å². The summed E-state index contributed by atoms with van der Waals surface area (Å²) in [6, 6.07) is 23.9. The second-order valence-corrected chi connectivity index (χ2v) is 9.27. The van der Waals surface area contributed by atoms with Crippen molar-refractivity contribution in [2.45, 2.75) is 20.0 Å². The Kier molecular flexibility index (Phi) is 7.32. The van der Waals surface area contributed by atoms with Gasteiger partial charge in [0.15, 0.2) is 0 Å². The van der Waals surface area contributed by atoms with E-state index in [0.717, 1.165) is 44.9 Å². The van der Waals surface area contributed by atoms with Crippen molar-refractivity contribution in [3.63, 3.8) is 0 Å². The highest BCUT2D eigenvalue weighted by Gasteiger charge is 2.18. The van der Waals surface area contributed by atoms with E-state index in [4.69, 9.17) is 19.2 Å². The topological polar surface area (TPSA) is 85.4 Å². The van der Waals surface area contributed by atoms with E-state index >= 15 is 0 Å². The molecule has 0 radical (unpaired) electrons. The van der Waals surface area contributed by atoms with E-state index in [-0.39, 0.29) is 0 Å². The summed E-state index contributed by atoms with van der Waals surface area (Å²) in [7, 11) is 5.30. The molecule has 0 unspecified atom stereocenters. The number of nitrogens with zero attached hydrogens (tertiary/aromatic N) is 5. The second-order valence-electron chi connectivity index (χ2n) is 9.27. The third kappa shape index (κ3) is 5.63. The van der Waals surface area contributed by atoms with E-state index in [2.05, 4.69) is 40.2 Å². The summed E-state index contributed by atoms with van der Waals surface area (Å²) < 4.78 is 19.0. The van der Waals surface area contributed by atoms with Crippen molar-refractivity contribution in [3.05, 3.63) is 102 Å². The summed E-state index contributed by atoms with van der Waals surface area (Å²) in [6.45, 7) is 3.19. The van der Waals surface area contributed by atoms with Gasteiger partial charge in [0.05, 0.1) is 37.9 Å². The minimum atomic E-state index is 0.354. The standard InChI is InChI=1S/C31H29N5O3/c1-21-13-24(16-32)33-17-30(21)39-27-14-28-31(34-20-35(28)2)29(15-27)36(18-22-5-9-25(37-3)10-6-22)19-23-7-11-26(38-4)12-8-23/h5-15,17,20H,18-19H2,1-4H3. The first-order chi connectivity index (χ1) is 19.0. The average Bonchev–Trinajstić information content (AvgIpc) is 3.34. The Hall–Kier alpha value is -5.03. The number of benzene rings is 3. The summed E-state index contributed by atoms with van der Waals surface area (Å²) in [4.78, 5) is 11.2. The molecule has 0 spiro atoms. The molecule has 8 nitrogen and oxygen atoms in total. The van der Waals surface area contributed by atoms with Crippen molar-refractivity contribution in [1.29, 1.82) is 5.26 Å². The van der Waals surface area contributed by atoms with Gasteiger partial charge < -0.3 is 23.7 Å². The molecule has 3 aromatic carbocycles. The van der Waals surface area contributed by atoms with Crippen LogP contribution in [0.4, 0.5) is 5.69 Å². The predicted octanol–water partition coefficient (Wildman–Crippen LogP) is 6.16. The number of ether oxygens (including phenoxy) is 3. The summed E-state index contributed by atoms with van der Waals surface area (Å²) in [6.07, 6.45) is 3.40. The minimum Gasteiger partial charge on any atom is -0.497 e. The van der Waals surface area contributed by atoms with Gasteiger partial charge in [0.25, 0.3) is 0 Å². The molecule has 8 heteroatoms. The van der Waals surface area contributed by atoms with Crippen LogP contribution >= 0.6 is 0 Å². The Balaban J connectivity index is 1.57. The van der Waals surface area contributed by atoms with E-state index in [1.807, 2.05) is 61.3 Å². The molecule has 2 aromatic heterocycles. The average molecular weight is 520 g/mol. The third-order valence-electron chi connectivity index (χ3n) is 6.59. The van der Waals surface area contributed by atoms with Crippen LogP contribution < -0.4 is 19.1 Å². The van der Waals surface area contributed by atoms with Crippen LogP contribution in [0.1, 0.15) is 22.4 Å².